The number of hydrogen-bond acceptors (Lipinski definition) is 11. The molecule has 0 aromatic heterocycles. The molecule has 158 valence electrons. The van der Waals surface area contributed by atoms with Gasteiger partial charge in [0.2, 0.25) is 11.7 Å². The van der Waals surface area contributed by atoms with E-state index in [2.05, 4.69) is 5.32 Å². The predicted octanol–water partition coefficient (Wildman–Crippen LogP) is -4.86. The summed E-state index contributed by atoms with van der Waals surface area (Å²) >= 11 is 0. The highest BCUT2D eigenvalue weighted by atomic mass is 16.7. The van der Waals surface area contributed by atoms with E-state index in [9.17, 15) is 40.5 Å². The minimum absolute atomic E-state index is 0.129. The van der Waals surface area contributed by atoms with Crippen LogP contribution in [0.4, 0.5) is 0 Å². The van der Waals surface area contributed by atoms with Crippen LogP contribution in [0.2, 0.25) is 0 Å². The van der Waals surface area contributed by atoms with Gasteiger partial charge in [-0.1, -0.05) is 0 Å². The van der Waals surface area contributed by atoms with Crippen molar-refractivity contribution in [3.63, 3.8) is 0 Å². The number of rotatable bonds is 6. The van der Waals surface area contributed by atoms with E-state index in [0.29, 0.717) is 0 Å². The third kappa shape index (κ3) is 4.92. The van der Waals surface area contributed by atoms with Crippen LogP contribution in [-0.4, -0.2) is 116 Å². The number of ether oxygens (including phenoxy) is 3. The predicted molar refractivity (Wildman–Crippen MR) is 84.9 cm³/mol. The zero-order valence-electron chi connectivity index (χ0n) is 14.7. The summed E-state index contributed by atoms with van der Waals surface area (Å²) in [4.78, 5) is 11.4. The summed E-state index contributed by atoms with van der Waals surface area (Å²) in [5.41, 5.74) is 0. The maximum atomic E-state index is 11.4. The van der Waals surface area contributed by atoms with Crippen molar-refractivity contribution in [2.45, 2.75) is 68.1 Å². The van der Waals surface area contributed by atoms with Gasteiger partial charge in [-0.2, -0.15) is 0 Å². The van der Waals surface area contributed by atoms with Crippen molar-refractivity contribution in [1.29, 1.82) is 0 Å². The summed E-state index contributed by atoms with van der Waals surface area (Å²) in [7, 11) is 0. The molecule has 27 heavy (non-hydrogen) atoms. The third-order valence-corrected chi connectivity index (χ3v) is 4.63. The maximum Gasteiger partial charge on any atom is 0.218 e. The molecule has 2 fully saturated rings. The number of carbonyl (C=O) groups excluding carboxylic acids is 1. The van der Waals surface area contributed by atoms with Gasteiger partial charge in [0, 0.05) is 13.3 Å². The fraction of sp³-hybridized carbons (Fsp3) is 0.933. The van der Waals surface area contributed by atoms with Gasteiger partial charge in [-0.15, -0.1) is 0 Å². The first-order chi connectivity index (χ1) is 12.6. The van der Waals surface area contributed by atoms with Gasteiger partial charge < -0.3 is 55.3 Å². The van der Waals surface area contributed by atoms with Crippen LogP contribution in [0.25, 0.3) is 0 Å². The highest BCUT2D eigenvalue weighted by molar-refractivity contribution is 5.73. The normalized spacial score (nSPS) is 45.5. The topological polar surface area (TPSA) is 198 Å². The molecule has 0 saturated carbocycles. The van der Waals surface area contributed by atoms with Gasteiger partial charge in [0.25, 0.3) is 0 Å². The zero-order valence-corrected chi connectivity index (χ0v) is 14.7. The van der Waals surface area contributed by atoms with Gasteiger partial charge in [0.05, 0.1) is 32.0 Å². The van der Waals surface area contributed by atoms with Crippen molar-refractivity contribution >= 4 is 5.91 Å². The Morgan fingerprint density at radius 1 is 1.22 bits per heavy atom. The Labute approximate surface area is 154 Å². The molecule has 2 rings (SSSR count). The van der Waals surface area contributed by atoms with Gasteiger partial charge in [0.1, 0.15) is 30.5 Å². The highest BCUT2D eigenvalue weighted by Crippen LogP contribution is 2.29. The summed E-state index contributed by atoms with van der Waals surface area (Å²) < 4.78 is 16.0. The van der Waals surface area contributed by atoms with E-state index >= 15 is 0 Å². The molecular weight excluding hydrogens is 370 g/mol. The zero-order chi connectivity index (χ0) is 20.4. The first-order valence-electron chi connectivity index (χ1n) is 8.51. The van der Waals surface area contributed by atoms with E-state index < -0.39 is 73.9 Å². The molecule has 9 atom stereocenters. The van der Waals surface area contributed by atoms with Crippen molar-refractivity contribution < 1.29 is 54.8 Å². The van der Waals surface area contributed by atoms with Crippen molar-refractivity contribution in [2.24, 2.45) is 0 Å². The Morgan fingerprint density at radius 3 is 2.44 bits per heavy atom. The Hall–Kier alpha value is -0.930. The number of aliphatic hydroxyl groups is 7. The average Bonchev–Trinajstić information content (AvgIpc) is 2.62. The van der Waals surface area contributed by atoms with E-state index in [0.717, 1.165) is 0 Å². The van der Waals surface area contributed by atoms with Crippen LogP contribution in [0.1, 0.15) is 13.3 Å². The molecule has 0 bridgehead atoms. The van der Waals surface area contributed by atoms with E-state index in [4.69, 9.17) is 14.2 Å². The molecule has 1 amide bonds. The lowest BCUT2D eigenvalue weighted by Crippen LogP contribution is -2.65. The van der Waals surface area contributed by atoms with E-state index in [1.165, 1.54) is 6.92 Å². The smallest absolute Gasteiger partial charge is 0.218 e. The lowest BCUT2D eigenvalue weighted by molar-refractivity contribution is -0.345. The van der Waals surface area contributed by atoms with Crippen LogP contribution >= 0.6 is 0 Å². The SMILES string of the molecule is CC(=O)N[C@H]1[C@@H](OC[C@H]2C[C@H](O)[C@@H](O)C(O)(CO)O2)O[C@H](CO)[C@@H](O)[C@@H]1O. The molecule has 1 unspecified atom stereocenters. The molecular formula is C15H27NO11. The molecule has 0 aliphatic carbocycles. The largest absolute Gasteiger partial charge is 0.394 e. The monoisotopic (exact) mass is 397 g/mol. The summed E-state index contributed by atoms with van der Waals surface area (Å²) in [5.74, 6) is -2.90. The lowest BCUT2D eigenvalue weighted by atomic mass is 9.95. The minimum atomic E-state index is -2.38. The quantitative estimate of drug-likeness (QED) is 0.214. The standard InChI is InChI=1S/C15H27NO11/c1-6(19)16-10-12(22)11(21)9(3-17)26-14(10)25-4-7-2-8(20)13(23)15(24,5-18)27-7/h7-14,17-18,20-24H,2-5H2,1H3,(H,16,19)/t7-,8+,9-,10-,11-,12-,13-,14+,15?/m1/s1. The molecule has 2 aliphatic rings. The fourth-order valence-electron chi connectivity index (χ4n) is 3.15. The average molecular weight is 397 g/mol. The van der Waals surface area contributed by atoms with Crippen LogP contribution in [0.5, 0.6) is 0 Å². The second-order valence-electron chi connectivity index (χ2n) is 6.76. The maximum absolute atomic E-state index is 11.4. The summed E-state index contributed by atoms with van der Waals surface area (Å²) in [5, 5.41) is 70.5. The van der Waals surface area contributed by atoms with Gasteiger partial charge in [-0.25, -0.2) is 0 Å². The van der Waals surface area contributed by atoms with Crippen molar-refractivity contribution in [3.05, 3.63) is 0 Å². The minimum Gasteiger partial charge on any atom is -0.394 e. The van der Waals surface area contributed by atoms with Gasteiger partial charge in [0.15, 0.2) is 6.29 Å². The molecule has 12 nitrogen and oxygen atoms in total. The molecule has 12 heteroatoms. The van der Waals surface area contributed by atoms with Crippen LogP contribution < -0.4 is 5.32 Å². The number of carbonyl (C=O) groups is 1. The molecule has 0 aromatic carbocycles. The van der Waals surface area contributed by atoms with Gasteiger partial charge in [-0.05, 0) is 0 Å². The highest BCUT2D eigenvalue weighted by Gasteiger charge is 2.49. The summed E-state index contributed by atoms with van der Waals surface area (Å²) in [6.07, 6.45) is -9.58. The van der Waals surface area contributed by atoms with Gasteiger partial charge in [-0.3, -0.25) is 4.79 Å². The second kappa shape index (κ2) is 9.05. The van der Waals surface area contributed by atoms with E-state index in [-0.39, 0.29) is 13.0 Å². The van der Waals surface area contributed by atoms with E-state index in [1.54, 1.807) is 0 Å². The molecule has 0 aromatic rings. The Morgan fingerprint density at radius 2 is 1.89 bits per heavy atom. The second-order valence-corrected chi connectivity index (χ2v) is 6.76. The van der Waals surface area contributed by atoms with Crippen LogP contribution in [0.3, 0.4) is 0 Å². The number of nitrogens with one attached hydrogen (secondary N) is 1. The van der Waals surface area contributed by atoms with Crippen molar-refractivity contribution in [1.82, 2.24) is 5.32 Å². The first kappa shape index (κ1) is 22.4. The molecule has 8 N–H and O–H groups in total. The lowest BCUT2D eigenvalue weighted by Gasteiger charge is -2.44. The van der Waals surface area contributed by atoms with Crippen molar-refractivity contribution in [3.8, 4) is 0 Å². The molecule has 0 spiro atoms. The van der Waals surface area contributed by atoms with Crippen LogP contribution in [0, 0.1) is 0 Å². The van der Waals surface area contributed by atoms with Crippen LogP contribution in [-0.2, 0) is 19.0 Å². The molecule has 2 saturated heterocycles. The summed E-state index contributed by atoms with van der Waals surface area (Å²) in [6, 6.07) is -1.16. The number of hydrogen-bond donors (Lipinski definition) is 8. The Bertz CT molecular complexity index is 508. The Kier molecular flexibility index (Phi) is 7.49. The van der Waals surface area contributed by atoms with E-state index in [1.807, 2.05) is 0 Å². The van der Waals surface area contributed by atoms with Crippen molar-refractivity contribution in [2.75, 3.05) is 19.8 Å². The van der Waals surface area contributed by atoms with Gasteiger partial charge >= 0.3 is 0 Å². The third-order valence-electron chi connectivity index (χ3n) is 4.63. The molecule has 2 heterocycles. The number of aliphatic hydroxyl groups excluding tert-OH is 6. The van der Waals surface area contributed by atoms with Crippen LogP contribution in [0.15, 0.2) is 0 Å². The first-order valence-corrected chi connectivity index (χ1v) is 8.51. The fourth-order valence-corrected chi connectivity index (χ4v) is 3.15. The summed E-state index contributed by atoms with van der Waals surface area (Å²) in [6.45, 7) is -0.695. The molecule has 0 radical (unpaired) electrons. The Balaban J connectivity index is 2.05. The number of amides is 1. The molecule has 2 aliphatic heterocycles.